The van der Waals surface area contributed by atoms with Gasteiger partial charge in [-0.2, -0.15) is 0 Å². The van der Waals surface area contributed by atoms with Crippen molar-refractivity contribution in [3.63, 3.8) is 0 Å². The molecule has 2 saturated carbocycles. The van der Waals surface area contributed by atoms with Gasteiger partial charge in [0.05, 0.1) is 6.54 Å². The van der Waals surface area contributed by atoms with Gasteiger partial charge in [-0.25, -0.2) is 0 Å². The average Bonchev–Trinajstić information content (AvgIpc) is 3.27. The standard InChI is InChI=1S/C17H32N4.HI/c1-20(15-9-10-15)17(18)19-12-16-8-5-11-21(16)13-14-6-3-2-4-7-14;/h14-16H,2-13H2,1H3,(H2,18,19);1H. The normalized spacial score (nSPS) is 27.7. The molecule has 0 aromatic rings. The lowest BCUT2D eigenvalue weighted by molar-refractivity contribution is 0.190. The summed E-state index contributed by atoms with van der Waals surface area (Å²) in [6, 6.07) is 1.30. The predicted octanol–water partition coefficient (Wildman–Crippen LogP) is 3.06. The van der Waals surface area contributed by atoms with Gasteiger partial charge in [0.25, 0.3) is 0 Å². The monoisotopic (exact) mass is 420 g/mol. The summed E-state index contributed by atoms with van der Waals surface area (Å²) in [6.07, 6.45) is 12.4. The van der Waals surface area contributed by atoms with E-state index in [-0.39, 0.29) is 24.0 Å². The molecule has 0 aromatic carbocycles. The minimum atomic E-state index is 0. The van der Waals surface area contributed by atoms with E-state index in [0.717, 1.165) is 18.4 Å². The van der Waals surface area contributed by atoms with E-state index in [1.54, 1.807) is 0 Å². The molecule has 3 aliphatic rings. The zero-order chi connectivity index (χ0) is 14.7. The van der Waals surface area contributed by atoms with Crippen molar-refractivity contribution in [3.8, 4) is 0 Å². The summed E-state index contributed by atoms with van der Waals surface area (Å²) in [7, 11) is 2.09. The minimum Gasteiger partial charge on any atom is -0.370 e. The molecule has 0 aromatic heterocycles. The van der Waals surface area contributed by atoms with Gasteiger partial charge in [0.2, 0.25) is 0 Å². The number of hydrogen-bond acceptors (Lipinski definition) is 2. The molecule has 0 radical (unpaired) electrons. The Hall–Kier alpha value is -0.0400. The highest BCUT2D eigenvalue weighted by molar-refractivity contribution is 14.0. The lowest BCUT2D eigenvalue weighted by Gasteiger charge is -2.30. The van der Waals surface area contributed by atoms with E-state index in [1.165, 1.54) is 70.9 Å². The number of nitrogens with zero attached hydrogens (tertiary/aromatic N) is 3. The van der Waals surface area contributed by atoms with E-state index in [4.69, 9.17) is 5.73 Å². The molecule has 0 spiro atoms. The summed E-state index contributed by atoms with van der Waals surface area (Å²) in [6.45, 7) is 3.48. The number of halogens is 1. The Labute approximate surface area is 152 Å². The zero-order valence-electron chi connectivity index (χ0n) is 14.0. The fourth-order valence-electron chi connectivity index (χ4n) is 4.00. The quantitative estimate of drug-likeness (QED) is 0.423. The summed E-state index contributed by atoms with van der Waals surface area (Å²) < 4.78 is 0. The van der Waals surface area contributed by atoms with Crippen LogP contribution in [0.25, 0.3) is 0 Å². The highest BCUT2D eigenvalue weighted by atomic mass is 127. The summed E-state index contributed by atoms with van der Waals surface area (Å²) in [4.78, 5) is 9.55. The summed E-state index contributed by atoms with van der Waals surface area (Å²) >= 11 is 0. The van der Waals surface area contributed by atoms with Gasteiger partial charge < -0.3 is 10.6 Å². The number of nitrogens with two attached hydrogens (primary N) is 1. The number of aliphatic imine (C=N–C) groups is 1. The van der Waals surface area contributed by atoms with Crippen LogP contribution in [0, 0.1) is 5.92 Å². The smallest absolute Gasteiger partial charge is 0.191 e. The highest BCUT2D eigenvalue weighted by Crippen LogP contribution is 2.28. The van der Waals surface area contributed by atoms with Crippen LogP contribution in [0.5, 0.6) is 0 Å². The van der Waals surface area contributed by atoms with E-state index < -0.39 is 0 Å². The van der Waals surface area contributed by atoms with Crippen LogP contribution in [-0.2, 0) is 0 Å². The fourth-order valence-corrected chi connectivity index (χ4v) is 4.00. The summed E-state index contributed by atoms with van der Waals surface area (Å²) in [5, 5.41) is 0. The van der Waals surface area contributed by atoms with Gasteiger partial charge in [-0.1, -0.05) is 19.3 Å². The molecule has 5 heteroatoms. The van der Waals surface area contributed by atoms with Crippen LogP contribution in [0.1, 0.15) is 57.8 Å². The van der Waals surface area contributed by atoms with Crippen LogP contribution in [0.15, 0.2) is 4.99 Å². The Morgan fingerprint density at radius 2 is 1.82 bits per heavy atom. The van der Waals surface area contributed by atoms with Crippen molar-refractivity contribution in [2.45, 2.75) is 69.9 Å². The molecule has 2 aliphatic carbocycles. The first-order valence-corrected chi connectivity index (χ1v) is 9.01. The lowest BCUT2D eigenvalue weighted by atomic mass is 9.89. The molecule has 2 N–H and O–H groups in total. The van der Waals surface area contributed by atoms with Gasteiger partial charge in [0.1, 0.15) is 0 Å². The van der Waals surface area contributed by atoms with Crippen LogP contribution >= 0.6 is 24.0 Å². The third-order valence-corrected chi connectivity index (χ3v) is 5.64. The maximum absolute atomic E-state index is 6.12. The molecular weight excluding hydrogens is 387 g/mol. The molecule has 22 heavy (non-hydrogen) atoms. The van der Waals surface area contributed by atoms with Crippen molar-refractivity contribution in [1.29, 1.82) is 0 Å². The Bertz CT molecular complexity index is 364. The Morgan fingerprint density at radius 3 is 2.50 bits per heavy atom. The second-order valence-corrected chi connectivity index (χ2v) is 7.34. The first-order valence-electron chi connectivity index (χ1n) is 9.01. The molecule has 0 amide bonds. The Balaban J connectivity index is 0.00000176. The molecule has 4 nitrogen and oxygen atoms in total. The van der Waals surface area contributed by atoms with Crippen LogP contribution in [0.3, 0.4) is 0 Å². The third kappa shape index (κ3) is 4.98. The number of hydrogen-bond donors (Lipinski definition) is 1. The van der Waals surface area contributed by atoms with E-state index >= 15 is 0 Å². The first kappa shape index (κ1) is 18.3. The van der Waals surface area contributed by atoms with Crippen molar-refractivity contribution in [2.24, 2.45) is 16.6 Å². The third-order valence-electron chi connectivity index (χ3n) is 5.64. The molecule has 1 atom stereocenters. The van der Waals surface area contributed by atoms with Crippen molar-refractivity contribution >= 4 is 29.9 Å². The topological polar surface area (TPSA) is 44.9 Å². The van der Waals surface area contributed by atoms with Gasteiger partial charge in [0.15, 0.2) is 5.96 Å². The van der Waals surface area contributed by atoms with Crippen molar-refractivity contribution in [2.75, 3.05) is 26.7 Å². The van der Waals surface area contributed by atoms with E-state index in [9.17, 15) is 0 Å². The molecule has 1 aliphatic heterocycles. The van der Waals surface area contributed by atoms with Gasteiger partial charge in [0, 0.05) is 25.7 Å². The second-order valence-electron chi connectivity index (χ2n) is 7.34. The van der Waals surface area contributed by atoms with Gasteiger partial charge in [-0.3, -0.25) is 9.89 Å². The van der Waals surface area contributed by atoms with Gasteiger partial charge in [-0.05, 0) is 51.0 Å². The lowest BCUT2D eigenvalue weighted by Crippen LogP contribution is -2.39. The number of likely N-dealkylation sites (tertiary alicyclic amines) is 1. The minimum absolute atomic E-state index is 0. The Morgan fingerprint density at radius 1 is 1.09 bits per heavy atom. The number of rotatable bonds is 5. The van der Waals surface area contributed by atoms with Crippen molar-refractivity contribution in [3.05, 3.63) is 0 Å². The second kappa shape index (κ2) is 8.71. The average molecular weight is 420 g/mol. The van der Waals surface area contributed by atoms with E-state index in [2.05, 4.69) is 21.8 Å². The predicted molar refractivity (Wildman–Crippen MR) is 104 cm³/mol. The van der Waals surface area contributed by atoms with Gasteiger partial charge >= 0.3 is 0 Å². The summed E-state index contributed by atoms with van der Waals surface area (Å²) in [5.74, 6) is 1.69. The molecule has 3 rings (SSSR count). The highest BCUT2D eigenvalue weighted by Gasteiger charge is 2.29. The van der Waals surface area contributed by atoms with Crippen LogP contribution in [0.2, 0.25) is 0 Å². The maximum Gasteiger partial charge on any atom is 0.191 e. The van der Waals surface area contributed by atoms with Crippen LogP contribution in [-0.4, -0.2) is 54.5 Å². The Kier molecular flexibility index (Phi) is 7.25. The molecule has 1 unspecified atom stereocenters. The zero-order valence-corrected chi connectivity index (χ0v) is 16.4. The maximum atomic E-state index is 6.12. The first-order chi connectivity index (χ1) is 10.2. The van der Waals surface area contributed by atoms with E-state index in [0.29, 0.717) is 12.1 Å². The van der Waals surface area contributed by atoms with E-state index in [1.807, 2.05) is 0 Å². The largest absolute Gasteiger partial charge is 0.370 e. The van der Waals surface area contributed by atoms with Crippen LogP contribution < -0.4 is 5.73 Å². The molecular formula is C17H33IN4. The number of guanidine groups is 1. The molecule has 1 saturated heterocycles. The molecule has 128 valence electrons. The molecule has 3 fully saturated rings. The molecule has 0 bridgehead atoms. The fraction of sp³-hybridized carbons (Fsp3) is 0.941. The molecule has 1 heterocycles. The summed E-state index contributed by atoms with van der Waals surface area (Å²) in [5.41, 5.74) is 6.12. The van der Waals surface area contributed by atoms with Crippen molar-refractivity contribution in [1.82, 2.24) is 9.80 Å². The van der Waals surface area contributed by atoms with Crippen molar-refractivity contribution < 1.29 is 0 Å². The SMILES string of the molecule is CN(C(N)=NCC1CCCN1CC1CCCCC1)C1CC1.I. The van der Waals surface area contributed by atoms with Gasteiger partial charge in [-0.15, -0.1) is 24.0 Å². The van der Waals surface area contributed by atoms with Crippen LogP contribution in [0.4, 0.5) is 0 Å².